The highest BCUT2D eigenvalue weighted by molar-refractivity contribution is 5.97. The molecule has 4 N–H and O–H groups in total. The number of aromatic carboxylic acids is 2. The van der Waals surface area contributed by atoms with Gasteiger partial charge in [-0.15, -0.1) is 0 Å². The summed E-state index contributed by atoms with van der Waals surface area (Å²) in [5, 5.41) is 19.5. The summed E-state index contributed by atoms with van der Waals surface area (Å²) in [7, 11) is 0. The van der Waals surface area contributed by atoms with E-state index in [1.165, 1.54) is 114 Å². The Morgan fingerprint density at radius 2 is 0.719 bits per heavy atom. The second-order valence-electron chi connectivity index (χ2n) is 17.6. The van der Waals surface area contributed by atoms with Gasteiger partial charge in [-0.1, -0.05) is 141 Å². The zero-order valence-corrected chi connectivity index (χ0v) is 38.0. The lowest BCUT2D eigenvalue weighted by atomic mass is 10.0. The molecule has 5 heterocycles. The number of benzene rings is 2. The predicted molar refractivity (Wildman–Crippen MR) is 266 cm³/mol. The SMILES string of the molecule is CCCCCCCCCCCc1c2nc(c(CCCCCCCCCCC)c3ccc([nH]3)c(-c3ccc(C(=O)O)cc3)c3nc(c(-c4ccc(C(=O)O)cc4)c4ccc1[nH]4)C=C3)C=C2. The molecule has 5 aromatic rings. The van der Waals surface area contributed by atoms with Gasteiger partial charge in [-0.05, 0) is 110 Å². The molecule has 0 fully saturated rings. The van der Waals surface area contributed by atoms with Gasteiger partial charge in [0.15, 0.2) is 0 Å². The number of aromatic nitrogens is 4. The summed E-state index contributed by atoms with van der Waals surface area (Å²) in [4.78, 5) is 42.2. The maximum atomic E-state index is 11.9. The minimum absolute atomic E-state index is 0.215. The van der Waals surface area contributed by atoms with Crippen LogP contribution in [0.1, 0.15) is 184 Å². The summed E-state index contributed by atoms with van der Waals surface area (Å²) >= 11 is 0. The minimum atomic E-state index is -0.977. The molecule has 0 unspecified atom stereocenters. The number of aryl methyl sites for hydroxylation is 2. The van der Waals surface area contributed by atoms with Crippen molar-refractivity contribution in [2.24, 2.45) is 0 Å². The Morgan fingerprint density at radius 1 is 0.406 bits per heavy atom. The molecule has 334 valence electrons. The van der Waals surface area contributed by atoms with Crippen molar-refractivity contribution >= 4 is 58.3 Å². The summed E-state index contributed by atoms with van der Waals surface area (Å²) in [6.07, 6.45) is 32.9. The van der Waals surface area contributed by atoms with Crippen molar-refractivity contribution < 1.29 is 19.8 Å². The summed E-state index contributed by atoms with van der Waals surface area (Å²) in [5.74, 6) is -1.95. The van der Waals surface area contributed by atoms with Crippen molar-refractivity contribution in [3.63, 3.8) is 0 Å². The molecule has 2 aromatic carbocycles. The molecule has 8 bridgehead atoms. The van der Waals surface area contributed by atoms with E-state index in [2.05, 4.69) is 60.2 Å². The van der Waals surface area contributed by atoms with Crippen LogP contribution in [-0.2, 0) is 12.8 Å². The van der Waals surface area contributed by atoms with Gasteiger partial charge in [0.05, 0.1) is 33.9 Å². The molecular weight excluding hydrogens is 793 g/mol. The normalized spacial score (nSPS) is 12.0. The van der Waals surface area contributed by atoms with Crippen LogP contribution in [0.5, 0.6) is 0 Å². The van der Waals surface area contributed by atoms with Gasteiger partial charge in [0.25, 0.3) is 0 Å². The molecule has 0 atom stereocenters. The lowest BCUT2D eigenvalue weighted by Crippen LogP contribution is -1.96. The molecule has 8 nitrogen and oxygen atoms in total. The molecule has 0 spiro atoms. The number of fused-ring (bicyclic) bond motifs is 8. The van der Waals surface area contributed by atoms with Gasteiger partial charge in [0.2, 0.25) is 0 Å². The number of aromatic amines is 2. The molecule has 2 aliphatic heterocycles. The Bertz CT molecular complexity index is 2420. The number of nitrogens with one attached hydrogen (secondary N) is 2. The molecule has 2 aliphatic rings. The molecule has 0 saturated heterocycles. The van der Waals surface area contributed by atoms with Crippen LogP contribution >= 0.6 is 0 Å². The van der Waals surface area contributed by atoms with Crippen molar-refractivity contribution in [1.29, 1.82) is 0 Å². The fourth-order valence-electron chi connectivity index (χ4n) is 9.24. The van der Waals surface area contributed by atoms with Crippen LogP contribution in [0.25, 0.3) is 68.6 Å². The third kappa shape index (κ3) is 11.8. The van der Waals surface area contributed by atoms with Gasteiger partial charge in [-0.2, -0.15) is 0 Å². The fraction of sp³-hybridized carbons (Fsp3) is 0.393. The molecular formula is C56H66N4O4. The lowest BCUT2D eigenvalue weighted by molar-refractivity contribution is 0.0686. The van der Waals surface area contributed by atoms with Gasteiger partial charge in [-0.3, -0.25) is 0 Å². The van der Waals surface area contributed by atoms with Crippen LogP contribution in [0.2, 0.25) is 0 Å². The van der Waals surface area contributed by atoms with E-state index in [0.29, 0.717) is 0 Å². The Labute approximate surface area is 379 Å². The van der Waals surface area contributed by atoms with Crippen LogP contribution in [0.15, 0.2) is 72.8 Å². The minimum Gasteiger partial charge on any atom is -0.478 e. The number of rotatable bonds is 24. The monoisotopic (exact) mass is 859 g/mol. The molecule has 0 amide bonds. The number of H-pyrrole nitrogens is 2. The standard InChI is InChI=1S/C56H66N4O4/c1-3-5-7-9-11-13-15-17-19-21-43-45-31-32-46(57-45)44(22-20-18-16-14-12-10-8-6-4-2)48-34-36-50(59-48)54(40-25-29-42(30-26-40)56(63)64)52-38-37-51(60-52)53(49-35-33-47(43)58-49)39-23-27-41(28-24-39)55(61)62/h23-38,58-59H,3-22H2,1-2H3,(H,61,62)(H,63,64). The summed E-state index contributed by atoms with van der Waals surface area (Å²) in [6.45, 7) is 4.54. The smallest absolute Gasteiger partial charge is 0.335 e. The topological polar surface area (TPSA) is 132 Å². The molecule has 7 rings (SSSR count). The van der Waals surface area contributed by atoms with Gasteiger partial charge >= 0.3 is 11.9 Å². The highest BCUT2D eigenvalue weighted by Crippen LogP contribution is 2.36. The number of hydrogen-bond donors (Lipinski definition) is 4. The summed E-state index contributed by atoms with van der Waals surface area (Å²) in [5.41, 5.74) is 13.4. The number of nitrogens with zero attached hydrogens (tertiary/aromatic N) is 2. The first-order valence-corrected chi connectivity index (χ1v) is 24.2. The molecule has 3 aromatic heterocycles. The van der Waals surface area contributed by atoms with Crippen LogP contribution in [0, 0.1) is 0 Å². The van der Waals surface area contributed by atoms with Gasteiger partial charge < -0.3 is 20.2 Å². The molecule has 0 aliphatic carbocycles. The van der Waals surface area contributed by atoms with E-state index >= 15 is 0 Å². The first kappa shape index (κ1) is 46.0. The molecule has 0 radical (unpaired) electrons. The second-order valence-corrected chi connectivity index (χ2v) is 17.6. The third-order valence-corrected chi connectivity index (χ3v) is 12.9. The van der Waals surface area contributed by atoms with E-state index in [4.69, 9.17) is 9.97 Å². The maximum Gasteiger partial charge on any atom is 0.335 e. The zero-order chi connectivity index (χ0) is 44.7. The largest absolute Gasteiger partial charge is 0.478 e. The van der Waals surface area contributed by atoms with Gasteiger partial charge in [0, 0.05) is 44.3 Å². The van der Waals surface area contributed by atoms with Crippen LogP contribution < -0.4 is 0 Å². The average molecular weight is 859 g/mol. The number of carboxylic acid groups (broad SMARTS) is 2. The quantitative estimate of drug-likeness (QED) is 0.0448. The van der Waals surface area contributed by atoms with E-state index in [1.54, 1.807) is 24.3 Å². The molecule has 0 saturated carbocycles. The van der Waals surface area contributed by atoms with E-state index in [-0.39, 0.29) is 11.1 Å². The Balaban J connectivity index is 1.37. The van der Waals surface area contributed by atoms with Crippen LogP contribution in [0.4, 0.5) is 0 Å². The predicted octanol–water partition coefficient (Wildman–Crippen LogP) is 15.5. The number of unbranched alkanes of at least 4 members (excludes halogenated alkanes) is 16. The Kier molecular flexibility index (Phi) is 16.6. The molecule has 64 heavy (non-hydrogen) atoms. The Hall–Kier alpha value is -6.02. The van der Waals surface area contributed by atoms with Gasteiger partial charge in [0.1, 0.15) is 0 Å². The first-order valence-electron chi connectivity index (χ1n) is 24.2. The molecule has 8 heteroatoms. The summed E-state index contributed by atoms with van der Waals surface area (Å²) in [6, 6.07) is 22.5. The van der Waals surface area contributed by atoms with E-state index in [9.17, 15) is 19.8 Å². The van der Waals surface area contributed by atoms with Crippen LogP contribution in [-0.4, -0.2) is 42.1 Å². The highest BCUT2D eigenvalue weighted by atomic mass is 16.4. The number of carboxylic acids is 2. The number of carbonyl (C=O) groups is 2. The number of hydrogen-bond acceptors (Lipinski definition) is 4. The van der Waals surface area contributed by atoms with Gasteiger partial charge in [-0.25, -0.2) is 19.6 Å². The lowest BCUT2D eigenvalue weighted by Gasteiger charge is -2.07. The van der Waals surface area contributed by atoms with Crippen LogP contribution in [0.3, 0.4) is 0 Å². The van der Waals surface area contributed by atoms with E-state index in [1.807, 2.05) is 36.4 Å². The zero-order valence-electron chi connectivity index (χ0n) is 38.0. The second kappa shape index (κ2) is 23.1. The van der Waals surface area contributed by atoms with Crippen molar-refractivity contribution in [2.45, 2.75) is 142 Å². The van der Waals surface area contributed by atoms with Crippen molar-refractivity contribution in [2.75, 3.05) is 0 Å². The van der Waals surface area contributed by atoms with E-state index in [0.717, 1.165) is 92.8 Å². The van der Waals surface area contributed by atoms with Crippen molar-refractivity contribution in [3.05, 3.63) is 118 Å². The maximum absolute atomic E-state index is 11.9. The average Bonchev–Trinajstić information content (AvgIpc) is 4.16. The highest BCUT2D eigenvalue weighted by Gasteiger charge is 2.19. The summed E-state index contributed by atoms with van der Waals surface area (Å²) < 4.78 is 0. The van der Waals surface area contributed by atoms with Crippen molar-refractivity contribution in [3.8, 4) is 22.3 Å². The first-order chi connectivity index (χ1) is 31.3. The third-order valence-electron chi connectivity index (χ3n) is 12.9. The Morgan fingerprint density at radius 3 is 1.08 bits per heavy atom. The van der Waals surface area contributed by atoms with E-state index < -0.39 is 11.9 Å². The fourth-order valence-corrected chi connectivity index (χ4v) is 9.24. The van der Waals surface area contributed by atoms with Crippen molar-refractivity contribution in [1.82, 2.24) is 19.9 Å².